The van der Waals surface area contributed by atoms with E-state index in [-0.39, 0.29) is 28.8 Å². The maximum atomic E-state index is 14.1. The van der Waals surface area contributed by atoms with Crippen molar-refractivity contribution in [2.45, 2.75) is 0 Å². The fraction of sp³-hybridized carbons (Fsp3) is 0.105. The highest BCUT2D eigenvalue weighted by molar-refractivity contribution is 7.99. The van der Waals surface area contributed by atoms with Gasteiger partial charge in [-0.2, -0.15) is 10.2 Å². The fourth-order valence-corrected chi connectivity index (χ4v) is 3.49. The van der Waals surface area contributed by atoms with Crippen molar-refractivity contribution in [3.8, 4) is 23.3 Å². The van der Waals surface area contributed by atoms with Crippen LogP contribution in [0, 0.1) is 28.9 Å². The molecule has 1 aromatic heterocycles. The Kier molecular flexibility index (Phi) is 6.26. The highest BCUT2D eigenvalue weighted by atomic mass is 32.2. The molecular formula is C19H15F3N6O2S. The predicted octanol–water partition coefficient (Wildman–Crippen LogP) is 2.76. The van der Waals surface area contributed by atoms with Gasteiger partial charge < -0.3 is 10.1 Å². The molecule has 8 nitrogen and oxygen atoms in total. The number of methoxy groups -OCH3 is 1. The maximum Gasteiger partial charge on any atom is 0.230 e. The smallest absolute Gasteiger partial charge is 0.230 e. The van der Waals surface area contributed by atoms with Crippen LogP contribution in [0.15, 0.2) is 36.7 Å². The average molecular weight is 448 g/mol. The van der Waals surface area contributed by atoms with E-state index in [9.17, 15) is 17.4 Å². The third-order valence-corrected chi connectivity index (χ3v) is 5.09. The van der Waals surface area contributed by atoms with Gasteiger partial charge in [0.1, 0.15) is 17.9 Å². The van der Waals surface area contributed by atoms with Crippen LogP contribution in [-0.4, -0.2) is 37.9 Å². The Labute approximate surface area is 175 Å². The SMILES string of the molecule is COc1cc(F)ccc1-c1ncnc(Nc2cc(F)c(F)c(C=S(C)(=O)NC#N)c2)n1. The van der Waals surface area contributed by atoms with Crippen LogP contribution in [0.25, 0.3) is 11.4 Å². The third-order valence-electron chi connectivity index (χ3n) is 3.89. The summed E-state index contributed by atoms with van der Waals surface area (Å²) >= 11 is 0. The lowest BCUT2D eigenvalue weighted by Gasteiger charge is -2.10. The van der Waals surface area contributed by atoms with Crippen LogP contribution in [0.5, 0.6) is 5.75 Å². The number of rotatable bonds is 6. The first-order valence-electron chi connectivity index (χ1n) is 8.51. The summed E-state index contributed by atoms with van der Waals surface area (Å²) in [5, 5.41) is 12.3. The minimum absolute atomic E-state index is 0.0132. The first-order valence-corrected chi connectivity index (χ1v) is 10.5. The van der Waals surface area contributed by atoms with Gasteiger partial charge in [-0.15, -0.1) is 0 Å². The van der Waals surface area contributed by atoms with Crippen LogP contribution in [-0.2, 0) is 9.71 Å². The molecule has 1 unspecified atom stereocenters. The van der Waals surface area contributed by atoms with Crippen molar-refractivity contribution in [3.63, 3.8) is 0 Å². The van der Waals surface area contributed by atoms with E-state index in [1.807, 2.05) is 4.72 Å². The molecular weight excluding hydrogens is 433 g/mol. The quantitative estimate of drug-likeness (QED) is 0.339. The number of hydrogen-bond acceptors (Lipinski definition) is 7. The van der Waals surface area contributed by atoms with Crippen LogP contribution in [0.1, 0.15) is 5.56 Å². The Hall–Kier alpha value is -3.85. The summed E-state index contributed by atoms with van der Waals surface area (Å²) in [7, 11) is -1.71. The molecule has 0 saturated heterocycles. The third kappa shape index (κ3) is 5.20. The number of halogens is 3. The zero-order chi connectivity index (χ0) is 22.6. The second kappa shape index (κ2) is 8.88. The van der Waals surface area contributed by atoms with Crippen molar-refractivity contribution in [1.29, 1.82) is 5.26 Å². The van der Waals surface area contributed by atoms with Gasteiger partial charge in [0.25, 0.3) is 0 Å². The first kappa shape index (κ1) is 21.8. The molecule has 0 bridgehead atoms. The Bertz CT molecular complexity index is 1300. The van der Waals surface area contributed by atoms with E-state index < -0.39 is 27.2 Å². The summed E-state index contributed by atoms with van der Waals surface area (Å²) in [6, 6.07) is 5.86. The normalized spacial score (nSPS) is 12.4. The summed E-state index contributed by atoms with van der Waals surface area (Å²) in [5.74, 6) is -2.61. The number of nitrogens with zero attached hydrogens (tertiary/aromatic N) is 4. The average Bonchev–Trinajstić information content (AvgIpc) is 2.71. The van der Waals surface area contributed by atoms with E-state index in [2.05, 4.69) is 20.3 Å². The minimum atomic E-state index is -3.07. The molecule has 2 aromatic carbocycles. The van der Waals surface area contributed by atoms with Gasteiger partial charge in [0.15, 0.2) is 23.7 Å². The van der Waals surface area contributed by atoms with Gasteiger partial charge >= 0.3 is 0 Å². The second-order valence-electron chi connectivity index (χ2n) is 6.20. The van der Waals surface area contributed by atoms with Gasteiger partial charge in [0, 0.05) is 35.0 Å². The van der Waals surface area contributed by atoms with E-state index >= 15 is 0 Å². The number of nitrogens with one attached hydrogen (secondary N) is 2. The topological polar surface area (TPSA) is 113 Å². The lowest BCUT2D eigenvalue weighted by Crippen LogP contribution is -2.19. The standard InChI is InChI=1S/C19H15F3N6O2S/c1-30-16-6-12(20)3-4-14(16)18-24-10-25-19(28-18)27-13-5-11(17(22)15(21)7-13)8-31(2,29)26-9-23/h3-8,10H,1-2H3,(H,26,29)(H,24,25,27,28). The molecule has 0 spiro atoms. The van der Waals surface area contributed by atoms with Gasteiger partial charge in [-0.25, -0.2) is 32.1 Å². The van der Waals surface area contributed by atoms with Crippen LogP contribution in [0.4, 0.5) is 24.8 Å². The summed E-state index contributed by atoms with van der Waals surface area (Å²) in [4.78, 5) is 12.1. The number of nitriles is 1. The lowest BCUT2D eigenvalue weighted by atomic mass is 10.2. The highest BCUT2D eigenvalue weighted by Crippen LogP contribution is 2.28. The number of aromatic nitrogens is 3. The van der Waals surface area contributed by atoms with Crippen molar-refractivity contribution in [1.82, 2.24) is 19.7 Å². The Morgan fingerprint density at radius 2 is 1.97 bits per heavy atom. The summed E-state index contributed by atoms with van der Waals surface area (Å²) in [5.41, 5.74) is 0.120. The zero-order valence-electron chi connectivity index (χ0n) is 16.2. The van der Waals surface area contributed by atoms with E-state index in [1.54, 1.807) is 0 Å². The highest BCUT2D eigenvalue weighted by Gasteiger charge is 2.14. The number of hydrogen-bond donors (Lipinski definition) is 2. The summed E-state index contributed by atoms with van der Waals surface area (Å²) < 4.78 is 61.0. The fourth-order valence-electron chi connectivity index (χ4n) is 2.60. The number of benzene rings is 2. The van der Waals surface area contributed by atoms with Gasteiger partial charge in [0.05, 0.1) is 22.4 Å². The second-order valence-corrected chi connectivity index (χ2v) is 8.45. The van der Waals surface area contributed by atoms with E-state index in [0.717, 1.165) is 11.4 Å². The molecule has 0 amide bonds. The van der Waals surface area contributed by atoms with E-state index in [0.29, 0.717) is 5.56 Å². The maximum absolute atomic E-state index is 14.1. The number of anilines is 2. The zero-order valence-corrected chi connectivity index (χ0v) is 17.0. The largest absolute Gasteiger partial charge is 0.496 e. The Morgan fingerprint density at radius 1 is 1.19 bits per heavy atom. The molecule has 0 aliphatic rings. The molecule has 0 aliphatic carbocycles. The Morgan fingerprint density at radius 3 is 2.68 bits per heavy atom. The van der Waals surface area contributed by atoms with Crippen molar-refractivity contribution >= 4 is 26.7 Å². The molecule has 1 atom stereocenters. The van der Waals surface area contributed by atoms with E-state index in [1.165, 1.54) is 50.2 Å². The van der Waals surface area contributed by atoms with Crippen molar-refractivity contribution in [3.05, 3.63) is 59.7 Å². The van der Waals surface area contributed by atoms with Crippen LogP contribution in [0.3, 0.4) is 0 Å². The van der Waals surface area contributed by atoms with E-state index in [4.69, 9.17) is 10.00 Å². The molecule has 3 rings (SSSR count). The molecule has 0 aliphatic heterocycles. The molecule has 12 heteroatoms. The van der Waals surface area contributed by atoms with Crippen LogP contribution < -0.4 is 14.8 Å². The molecule has 31 heavy (non-hydrogen) atoms. The molecule has 3 aromatic rings. The molecule has 0 saturated carbocycles. The first-order chi connectivity index (χ1) is 14.7. The van der Waals surface area contributed by atoms with Gasteiger partial charge in [-0.05, 0) is 18.2 Å². The Balaban J connectivity index is 1.98. The molecule has 1 heterocycles. The van der Waals surface area contributed by atoms with Crippen molar-refractivity contribution in [2.75, 3.05) is 18.7 Å². The van der Waals surface area contributed by atoms with Gasteiger partial charge in [0.2, 0.25) is 5.95 Å². The molecule has 0 radical (unpaired) electrons. The van der Waals surface area contributed by atoms with Crippen molar-refractivity contribution < 1.29 is 22.1 Å². The summed E-state index contributed by atoms with van der Waals surface area (Å²) in [6.45, 7) is 0. The van der Waals surface area contributed by atoms with Crippen LogP contribution in [0.2, 0.25) is 0 Å². The molecule has 0 fully saturated rings. The lowest BCUT2D eigenvalue weighted by molar-refractivity contribution is 0.412. The van der Waals surface area contributed by atoms with Crippen molar-refractivity contribution in [2.24, 2.45) is 0 Å². The van der Waals surface area contributed by atoms with Crippen LogP contribution >= 0.6 is 0 Å². The monoisotopic (exact) mass is 448 g/mol. The van der Waals surface area contributed by atoms with Gasteiger partial charge in [-0.3, -0.25) is 0 Å². The molecule has 160 valence electrons. The minimum Gasteiger partial charge on any atom is -0.496 e. The number of ether oxygens (including phenoxy) is 1. The predicted molar refractivity (Wildman–Crippen MR) is 109 cm³/mol. The summed E-state index contributed by atoms with van der Waals surface area (Å²) in [6.07, 6.45) is 3.85. The molecule has 2 N–H and O–H groups in total. The van der Waals surface area contributed by atoms with Gasteiger partial charge in [-0.1, -0.05) is 0 Å².